The Bertz CT molecular complexity index is 1350. The Morgan fingerprint density at radius 1 is 1.16 bits per heavy atom. The van der Waals surface area contributed by atoms with E-state index in [1.54, 1.807) is 30.3 Å². The Kier molecular flexibility index (Phi) is 6.64. The van der Waals surface area contributed by atoms with Gasteiger partial charge >= 0.3 is 0 Å². The lowest BCUT2D eigenvalue weighted by molar-refractivity contribution is -0.125. The molecule has 1 saturated carbocycles. The van der Waals surface area contributed by atoms with Gasteiger partial charge in [0.25, 0.3) is 6.43 Å². The van der Waals surface area contributed by atoms with Crippen molar-refractivity contribution in [1.82, 2.24) is 24.8 Å². The summed E-state index contributed by atoms with van der Waals surface area (Å²) in [6.45, 7) is 2.26. The van der Waals surface area contributed by atoms with E-state index in [4.69, 9.17) is 9.72 Å². The van der Waals surface area contributed by atoms with E-state index in [1.807, 2.05) is 4.90 Å². The van der Waals surface area contributed by atoms with Crippen LogP contribution in [0.1, 0.15) is 44.4 Å². The summed E-state index contributed by atoms with van der Waals surface area (Å²) >= 11 is 0. The highest BCUT2D eigenvalue weighted by Gasteiger charge is 2.35. The zero-order chi connectivity index (χ0) is 26.2. The highest BCUT2D eigenvalue weighted by Crippen LogP contribution is 2.35. The number of nitrogens with zero attached hydrogens (tertiary/aromatic N) is 5. The van der Waals surface area contributed by atoms with E-state index in [1.165, 1.54) is 4.57 Å². The Morgan fingerprint density at radius 3 is 2.68 bits per heavy atom. The Morgan fingerprint density at radius 2 is 1.95 bits per heavy atom. The van der Waals surface area contributed by atoms with Gasteiger partial charge in [-0.2, -0.15) is 9.97 Å². The van der Waals surface area contributed by atoms with Gasteiger partial charge in [0.05, 0.1) is 30.3 Å². The number of carbonyl (C=O) groups is 2. The number of ketones is 1. The van der Waals surface area contributed by atoms with Crippen molar-refractivity contribution in [3.8, 4) is 5.82 Å². The fraction of sp³-hybridized carbons (Fsp3) is 0.500. The maximum absolute atomic E-state index is 14.0. The van der Waals surface area contributed by atoms with Crippen molar-refractivity contribution in [2.45, 2.75) is 50.6 Å². The summed E-state index contributed by atoms with van der Waals surface area (Å²) in [5, 5.41) is 6.17. The molecule has 0 spiro atoms. The zero-order valence-corrected chi connectivity index (χ0v) is 20.8. The van der Waals surface area contributed by atoms with Crippen molar-refractivity contribution >= 4 is 34.5 Å². The van der Waals surface area contributed by atoms with E-state index in [0.29, 0.717) is 74.2 Å². The van der Waals surface area contributed by atoms with Crippen molar-refractivity contribution in [2.24, 2.45) is 5.92 Å². The Labute approximate surface area is 217 Å². The van der Waals surface area contributed by atoms with Crippen LogP contribution in [0.4, 0.5) is 20.5 Å². The van der Waals surface area contributed by atoms with Gasteiger partial charge in [-0.05, 0) is 37.3 Å². The summed E-state index contributed by atoms with van der Waals surface area (Å²) in [5.74, 6) is 1.18. The van der Waals surface area contributed by atoms with Crippen LogP contribution in [0.15, 0.2) is 30.3 Å². The normalized spacial score (nSPS) is 23.5. The molecule has 0 radical (unpaired) electrons. The van der Waals surface area contributed by atoms with Crippen LogP contribution in [0, 0.1) is 5.92 Å². The molecule has 1 aliphatic carbocycles. The number of amides is 1. The molecule has 3 fully saturated rings. The summed E-state index contributed by atoms with van der Waals surface area (Å²) in [4.78, 5) is 39.5. The number of anilines is 2. The summed E-state index contributed by atoms with van der Waals surface area (Å²) < 4.78 is 34.9. The first-order valence-electron chi connectivity index (χ1n) is 13.0. The van der Waals surface area contributed by atoms with Gasteiger partial charge in [0, 0.05) is 38.0 Å². The second-order valence-electron chi connectivity index (χ2n) is 10.1. The molecule has 4 heterocycles. The second kappa shape index (κ2) is 10.2. The SMILES string of the molecule is O=C1CC[C@H](C(=O)CC2CC(Nc3cc(-n4c(C(F)F)nc5ccccc54)nc(N4CCOCC4)n3)C2)N1. The summed E-state index contributed by atoms with van der Waals surface area (Å²) in [6.07, 6.45) is 0.213. The third kappa shape index (κ3) is 4.92. The van der Waals surface area contributed by atoms with Crippen LogP contribution in [0.25, 0.3) is 16.9 Å². The number of hydrogen-bond donors (Lipinski definition) is 2. The molecule has 3 aromatic rings. The number of para-hydroxylation sites is 2. The predicted molar refractivity (Wildman–Crippen MR) is 136 cm³/mol. The number of alkyl halides is 2. The van der Waals surface area contributed by atoms with E-state index < -0.39 is 6.43 Å². The average Bonchev–Trinajstić information content (AvgIpc) is 3.52. The number of morpholine rings is 1. The Balaban J connectivity index is 1.24. The standard InChI is InChI=1S/C26H29F2N7O3/c27-24(28)25-31-17-3-1-2-4-19(17)35(25)22-14-21(32-26(33-22)34-7-9-38-10-8-34)29-16-11-15(12-16)13-20(36)18-5-6-23(37)30-18/h1-4,14-16,18,24H,5-13H2,(H,30,37)(H,29,32,33)/t15?,16?,18-/m1/s1. The van der Waals surface area contributed by atoms with Crippen LogP contribution in [0.2, 0.25) is 0 Å². The van der Waals surface area contributed by atoms with Crippen molar-refractivity contribution in [2.75, 3.05) is 36.5 Å². The molecule has 6 rings (SSSR count). The molecule has 1 atom stereocenters. The molecule has 1 aromatic carbocycles. The number of nitrogens with one attached hydrogen (secondary N) is 2. The minimum atomic E-state index is -2.78. The van der Waals surface area contributed by atoms with Crippen LogP contribution in [0.5, 0.6) is 0 Å². The number of halogens is 2. The maximum atomic E-state index is 14.0. The maximum Gasteiger partial charge on any atom is 0.296 e. The van der Waals surface area contributed by atoms with Crippen LogP contribution >= 0.6 is 0 Å². The van der Waals surface area contributed by atoms with Gasteiger partial charge < -0.3 is 20.3 Å². The number of fused-ring (bicyclic) bond motifs is 1. The van der Waals surface area contributed by atoms with Crippen molar-refractivity contribution in [1.29, 1.82) is 0 Å². The Hall–Kier alpha value is -3.67. The van der Waals surface area contributed by atoms with Gasteiger partial charge in [0.1, 0.15) is 11.6 Å². The van der Waals surface area contributed by atoms with Gasteiger partial charge in [-0.3, -0.25) is 14.2 Å². The largest absolute Gasteiger partial charge is 0.378 e. The fourth-order valence-electron chi connectivity index (χ4n) is 5.46. The number of benzene rings is 1. The molecule has 0 bridgehead atoms. The van der Waals surface area contributed by atoms with Crippen LogP contribution in [0.3, 0.4) is 0 Å². The molecule has 0 unspecified atom stereocenters. The molecular weight excluding hydrogens is 496 g/mol. The molecule has 2 saturated heterocycles. The minimum absolute atomic E-state index is 0.0622. The summed E-state index contributed by atoms with van der Waals surface area (Å²) in [6, 6.07) is 8.41. The molecular formula is C26H29F2N7O3. The molecule has 2 aromatic heterocycles. The number of imidazole rings is 1. The van der Waals surface area contributed by atoms with E-state index in [0.717, 1.165) is 12.8 Å². The van der Waals surface area contributed by atoms with Crippen LogP contribution < -0.4 is 15.5 Å². The number of hydrogen-bond acceptors (Lipinski definition) is 8. The lowest BCUT2D eigenvalue weighted by atomic mass is 9.76. The lowest BCUT2D eigenvalue weighted by Crippen LogP contribution is -2.40. The van der Waals surface area contributed by atoms with Crippen LogP contribution in [-0.4, -0.2) is 69.6 Å². The second-order valence-corrected chi connectivity index (χ2v) is 10.1. The smallest absolute Gasteiger partial charge is 0.296 e. The first-order valence-corrected chi connectivity index (χ1v) is 13.0. The van der Waals surface area contributed by atoms with E-state index in [9.17, 15) is 18.4 Å². The molecule has 2 aliphatic heterocycles. The number of aromatic nitrogens is 4. The fourth-order valence-corrected chi connectivity index (χ4v) is 5.46. The van der Waals surface area contributed by atoms with E-state index in [2.05, 4.69) is 20.6 Å². The average molecular weight is 526 g/mol. The molecule has 10 nitrogen and oxygen atoms in total. The molecule has 38 heavy (non-hydrogen) atoms. The van der Waals surface area contributed by atoms with Crippen LogP contribution in [-0.2, 0) is 14.3 Å². The highest BCUT2D eigenvalue weighted by molar-refractivity contribution is 5.92. The van der Waals surface area contributed by atoms with Gasteiger partial charge in [-0.25, -0.2) is 13.8 Å². The molecule has 200 valence electrons. The highest BCUT2D eigenvalue weighted by atomic mass is 19.3. The third-order valence-corrected chi connectivity index (χ3v) is 7.47. The van der Waals surface area contributed by atoms with Gasteiger partial charge in [0.2, 0.25) is 11.9 Å². The molecule has 2 N–H and O–H groups in total. The topological polar surface area (TPSA) is 114 Å². The van der Waals surface area contributed by atoms with E-state index in [-0.39, 0.29) is 35.5 Å². The molecule has 1 amide bonds. The lowest BCUT2D eigenvalue weighted by Gasteiger charge is -2.36. The number of Topliss-reactive ketones (excluding diaryl/α,β-unsaturated/α-hetero) is 1. The van der Waals surface area contributed by atoms with Gasteiger partial charge in [0.15, 0.2) is 11.6 Å². The quantitative estimate of drug-likeness (QED) is 0.462. The summed E-state index contributed by atoms with van der Waals surface area (Å²) in [7, 11) is 0. The third-order valence-electron chi connectivity index (χ3n) is 7.47. The number of carbonyl (C=O) groups excluding carboxylic acids is 2. The van der Waals surface area contributed by atoms with Crippen molar-refractivity contribution in [3.05, 3.63) is 36.2 Å². The minimum Gasteiger partial charge on any atom is -0.378 e. The first-order chi connectivity index (χ1) is 18.4. The predicted octanol–water partition coefficient (Wildman–Crippen LogP) is 3.02. The van der Waals surface area contributed by atoms with Gasteiger partial charge in [-0.1, -0.05) is 12.1 Å². The molecule has 12 heteroatoms. The van der Waals surface area contributed by atoms with Gasteiger partial charge in [-0.15, -0.1) is 0 Å². The monoisotopic (exact) mass is 525 g/mol. The number of rotatable bonds is 8. The van der Waals surface area contributed by atoms with E-state index >= 15 is 0 Å². The first kappa shape index (κ1) is 24.7. The number of ether oxygens (including phenoxy) is 1. The zero-order valence-electron chi connectivity index (χ0n) is 20.8. The van der Waals surface area contributed by atoms with Crippen molar-refractivity contribution < 1.29 is 23.1 Å². The summed E-state index contributed by atoms with van der Waals surface area (Å²) in [5.41, 5.74) is 1.01. The molecule has 3 aliphatic rings. The van der Waals surface area contributed by atoms with Crippen molar-refractivity contribution in [3.63, 3.8) is 0 Å².